The summed E-state index contributed by atoms with van der Waals surface area (Å²) in [5, 5.41) is 4.01. The Balaban J connectivity index is 2.61. The Kier molecular flexibility index (Phi) is 1.58. The van der Waals surface area contributed by atoms with Crippen molar-refractivity contribution < 1.29 is 0 Å². The minimum Gasteiger partial charge on any atom is -0.376 e. The molecule has 0 aliphatic carbocycles. The Morgan fingerprint density at radius 2 is 2.15 bits per heavy atom. The molecular formula is C8H11N5. The van der Waals surface area contributed by atoms with E-state index in [9.17, 15) is 0 Å². The van der Waals surface area contributed by atoms with Crippen molar-refractivity contribution in [2.75, 3.05) is 24.7 Å². The number of rotatable bonds is 1. The van der Waals surface area contributed by atoms with Crippen molar-refractivity contribution in [1.82, 2.24) is 14.6 Å². The average Bonchev–Trinajstić information content (AvgIpc) is 2.42. The van der Waals surface area contributed by atoms with Crippen LogP contribution in [0.2, 0.25) is 0 Å². The van der Waals surface area contributed by atoms with Crippen molar-refractivity contribution in [1.29, 1.82) is 0 Å². The minimum absolute atomic E-state index is 0.302. The van der Waals surface area contributed by atoms with E-state index in [4.69, 9.17) is 5.73 Å². The summed E-state index contributed by atoms with van der Waals surface area (Å²) < 4.78 is 1.67. The fourth-order valence-electron chi connectivity index (χ4n) is 1.15. The van der Waals surface area contributed by atoms with Crippen LogP contribution in [0.5, 0.6) is 0 Å². The van der Waals surface area contributed by atoms with E-state index in [0.717, 1.165) is 11.3 Å². The van der Waals surface area contributed by atoms with E-state index in [1.807, 2.05) is 37.3 Å². The minimum atomic E-state index is 0.302. The number of anilines is 2. The molecule has 0 spiro atoms. The molecule has 0 saturated carbocycles. The van der Waals surface area contributed by atoms with Gasteiger partial charge in [-0.3, -0.25) is 0 Å². The molecule has 0 aromatic carbocycles. The SMILES string of the molecule is CN(C)c1ccc2nc(N)nn2c1. The highest BCUT2D eigenvalue weighted by Crippen LogP contribution is 2.12. The van der Waals surface area contributed by atoms with Crippen LogP contribution in [0, 0.1) is 0 Å². The topological polar surface area (TPSA) is 59.5 Å². The van der Waals surface area contributed by atoms with Gasteiger partial charge in [0.1, 0.15) is 0 Å². The highest BCUT2D eigenvalue weighted by molar-refractivity contribution is 5.51. The van der Waals surface area contributed by atoms with Crippen molar-refractivity contribution in [2.24, 2.45) is 0 Å². The lowest BCUT2D eigenvalue weighted by atomic mass is 10.4. The van der Waals surface area contributed by atoms with Gasteiger partial charge in [0.15, 0.2) is 5.65 Å². The molecule has 5 heteroatoms. The van der Waals surface area contributed by atoms with Gasteiger partial charge in [0.25, 0.3) is 0 Å². The average molecular weight is 177 g/mol. The second-order valence-electron chi connectivity index (χ2n) is 3.05. The Hall–Kier alpha value is -1.78. The van der Waals surface area contributed by atoms with E-state index in [2.05, 4.69) is 10.1 Å². The third kappa shape index (κ3) is 1.28. The van der Waals surface area contributed by atoms with E-state index >= 15 is 0 Å². The van der Waals surface area contributed by atoms with Gasteiger partial charge in [0.2, 0.25) is 5.95 Å². The zero-order valence-electron chi connectivity index (χ0n) is 7.60. The molecule has 2 N–H and O–H groups in total. The molecule has 0 aliphatic rings. The van der Waals surface area contributed by atoms with Crippen molar-refractivity contribution >= 4 is 17.3 Å². The Morgan fingerprint density at radius 3 is 2.85 bits per heavy atom. The number of nitrogens with two attached hydrogens (primary N) is 1. The molecule has 0 unspecified atom stereocenters. The van der Waals surface area contributed by atoms with Crippen molar-refractivity contribution in [3.63, 3.8) is 0 Å². The van der Waals surface area contributed by atoms with Gasteiger partial charge in [-0.25, -0.2) is 4.52 Å². The van der Waals surface area contributed by atoms with Crippen LogP contribution in [0.15, 0.2) is 18.3 Å². The quantitative estimate of drug-likeness (QED) is 0.684. The third-order valence-corrected chi connectivity index (χ3v) is 1.85. The molecule has 13 heavy (non-hydrogen) atoms. The molecule has 0 bridgehead atoms. The monoisotopic (exact) mass is 177 g/mol. The maximum absolute atomic E-state index is 5.46. The third-order valence-electron chi connectivity index (χ3n) is 1.85. The smallest absolute Gasteiger partial charge is 0.240 e. The summed E-state index contributed by atoms with van der Waals surface area (Å²) in [4.78, 5) is 6.02. The lowest BCUT2D eigenvalue weighted by Gasteiger charge is -2.11. The maximum Gasteiger partial charge on any atom is 0.240 e. The molecule has 2 rings (SSSR count). The lowest BCUT2D eigenvalue weighted by Crippen LogP contribution is -2.09. The fraction of sp³-hybridized carbons (Fsp3) is 0.250. The van der Waals surface area contributed by atoms with Gasteiger partial charge in [0.05, 0.1) is 11.9 Å². The lowest BCUT2D eigenvalue weighted by molar-refractivity contribution is 0.955. The maximum atomic E-state index is 5.46. The summed E-state index contributed by atoms with van der Waals surface area (Å²) in [6, 6.07) is 3.86. The van der Waals surface area contributed by atoms with Gasteiger partial charge < -0.3 is 10.6 Å². The first-order valence-electron chi connectivity index (χ1n) is 3.96. The highest BCUT2D eigenvalue weighted by Gasteiger charge is 2.01. The summed E-state index contributed by atoms with van der Waals surface area (Å²) in [6.07, 6.45) is 1.89. The normalized spacial score (nSPS) is 10.6. The zero-order valence-corrected chi connectivity index (χ0v) is 7.60. The van der Waals surface area contributed by atoms with Crippen LogP contribution < -0.4 is 10.6 Å². The second-order valence-corrected chi connectivity index (χ2v) is 3.05. The molecule has 0 fully saturated rings. The molecule has 2 aromatic rings. The number of nitrogen functional groups attached to an aromatic ring is 1. The van der Waals surface area contributed by atoms with Crippen LogP contribution in [0.4, 0.5) is 11.6 Å². The number of pyridine rings is 1. The van der Waals surface area contributed by atoms with Crippen LogP contribution >= 0.6 is 0 Å². The largest absolute Gasteiger partial charge is 0.376 e. The standard InChI is InChI=1S/C8H11N5/c1-12(2)6-3-4-7-10-8(9)11-13(7)5-6/h3-5H,1-2H3,(H2,9,11). The fourth-order valence-corrected chi connectivity index (χ4v) is 1.15. The first-order chi connectivity index (χ1) is 6.16. The molecule has 0 aliphatic heterocycles. The van der Waals surface area contributed by atoms with E-state index in [0.29, 0.717) is 5.95 Å². The Labute approximate surface area is 75.8 Å². The molecule has 2 aromatic heterocycles. The van der Waals surface area contributed by atoms with E-state index in [1.54, 1.807) is 4.52 Å². The molecule has 0 saturated heterocycles. The summed E-state index contributed by atoms with van der Waals surface area (Å²) in [5.74, 6) is 0.302. The van der Waals surface area contributed by atoms with Gasteiger partial charge in [-0.05, 0) is 12.1 Å². The predicted molar refractivity (Wildman–Crippen MR) is 51.7 cm³/mol. The number of fused-ring (bicyclic) bond motifs is 1. The molecular weight excluding hydrogens is 166 g/mol. The van der Waals surface area contributed by atoms with Crippen molar-refractivity contribution in [3.05, 3.63) is 18.3 Å². The van der Waals surface area contributed by atoms with Gasteiger partial charge in [-0.15, -0.1) is 5.10 Å². The van der Waals surface area contributed by atoms with Crippen LogP contribution in [-0.4, -0.2) is 28.7 Å². The van der Waals surface area contributed by atoms with Gasteiger partial charge in [-0.1, -0.05) is 0 Å². The van der Waals surface area contributed by atoms with Crippen LogP contribution in [0.25, 0.3) is 5.65 Å². The number of nitrogens with zero attached hydrogens (tertiary/aromatic N) is 4. The first kappa shape index (κ1) is 7.85. The van der Waals surface area contributed by atoms with Gasteiger partial charge in [0, 0.05) is 14.1 Å². The molecule has 0 radical (unpaired) electrons. The van der Waals surface area contributed by atoms with Gasteiger partial charge in [-0.2, -0.15) is 4.98 Å². The molecule has 0 atom stereocenters. The molecule has 2 heterocycles. The van der Waals surface area contributed by atoms with Crippen LogP contribution in [0.3, 0.4) is 0 Å². The predicted octanol–water partition coefficient (Wildman–Crippen LogP) is 0.377. The number of hydrogen-bond donors (Lipinski definition) is 1. The first-order valence-corrected chi connectivity index (χ1v) is 3.96. The summed E-state index contributed by atoms with van der Waals surface area (Å²) >= 11 is 0. The molecule has 68 valence electrons. The Bertz CT molecular complexity index is 431. The molecule has 5 nitrogen and oxygen atoms in total. The Morgan fingerprint density at radius 1 is 1.38 bits per heavy atom. The summed E-state index contributed by atoms with van der Waals surface area (Å²) in [7, 11) is 3.95. The van der Waals surface area contributed by atoms with E-state index in [-0.39, 0.29) is 0 Å². The number of hydrogen-bond acceptors (Lipinski definition) is 4. The summed E-state index contributed by atoms with van der Waals surface area (Å²) in [6.45, 7) is 0. The van der Waals surface area contributed by atoms with Gasteiger partial charge >= 0.3 is 0 Å². The zero-order chi connectivity index (χ0) is 9.42. The number of aromatic nitrogens is 3. The summed E-state index contributed by atoms with van der Waals surface area (Å²) in [5.41, 5.74) is 7.29. The van der Waals surface area contributed by atoms with Crippen LogP contribution in [-0.2, 0) is 0 Å². The molecule has 0 amide bonds. The second kappa shape index (κ2) is 2.62. The van der Waals surface area contributed by atoms with E-state index in [1.165, 1.54) is 0 Å². The van der Waals surface area contributed by atoms with Crippen molar-refractivity contribution in [3.8, 4) is 0 Å². The van der Waals surface area contributed by atoms with E-state index < -0.39 is 0 Å². The van der Waals surface area contributed by atoms with Crippen molar-refractivity contribution in [2.45, 2.75) is 0 Å². The highest BCUT2D eigenvalue weighted by atomic mass is 15.3. The van der Waals surface area contributed by atoms with Crippen LogP contribution in [0.1, 0.15) is 0 Å².